The summed E-state index contributed by atoms with van der Waals surface area (Å²) in [6, 6.07) is 4.69. The summed E-state index contributed by atoms with van der Waals surface area (Å²) in [5, 5.41) is 0. The highest BCUT2D eigenvalue weighted by atomic mass is 32.2. The number of hydrogen-bond donors (Lipinski definition) is 0. The van der Waals surface area contributed by atoms with Crippen LogP contribution in [0.1, 0.15) is 0 Å². The summed E-state index contributed by atoms with van der Waals surface area (Å²) in [4.78, 5) is 18.5. The standard InChI is InChI=1S/C17H23N3O5S3/c1-24-13-3-4-14(25-2)15(11-13)28(22,23)20-8-6-19(7-9-20)16(21)12-27-17-18-5-10-26-17/h3-4,11H,5-10,12H2,1-2H3. The molecule has 0 saturated carbocycles. The second-order valence-corrected chi connectivity index (χ2v) is 10.3. The Kier molecular flexibility index (Phi) is 7.13. The fourth-order valence-corrected chi connectivity index (χ4v) is 6.42. The van der Waals surface area contributed by atoms with Crippen LogP contribution in [0, 0.1) is 0 Å². The Morgan fingerprint density at radius 2 is 1.96 bits per heavy atom. The van der Waals surface area contributed by atoms with Gasteiger partial charge < -0.3 is 14.4 Å². The van der Waals surface area contributed by atoms with Crippen molar-refractivity contribution in [3.05, 3.63) is 18.2 Å². The summed E-state index contributed by atoms with van der Waals surface area (Å²) in [6.45, 7) is 2.03. The van der Waals surface area contributed by atoms with Crippen LogP contribution in [0.5, 0.6) is 11.5 Å². The summed E-state index contributed by atoms with van der Waals surface area (Å²) < 4.78 is 38.9. The van der Waals surface area contributed by atoms with Crippen molar-refractivity contribution in [3.63, 3.8) is 0 Å². The third kappa shape index (κ3) is 4.76. The molecule has 154 valence electrons. The number of hydrogen-bond acceptors (Lipinski definition) is 8. The van der Waals surface area contributed by atoms with Gasteiger partial charge >= 0.3 is 0 Å². The molecule has 0 aliphatic carbocycles. The number of benzene rings is 1. The van der Waals surface area contributed by atoms with Gasteiger partial charge in [-0.2, -0.15) is 4.31 Å². The number of thioether (sulfide) groups is 2. The van der Waals surface area contributed by atoms with Gasteiger partial charge in [-0.3, -0.25) is 9.79 Å². The Hall–Kier alpha value is -1.43. The van der Waals surface area contributed by atoms with Crippen LogP contribution in [0.25, 0.3) is 0 Å². The minimum atomic E-state index is -3.75. The van der Waals surface area contributed by atoms with Crippen LogP contribution in [0.4, 0.5) is 0 Å². The van der Waals surface area contributed by atoms with Crippen molar-refractivity contribution in [1.82, 2.24) is 9.21 Å². The maximum Gasteiger partial charge on any atom is 0.247 e. The Morgan fingerprint density at radius 3 is 2.57 bits per heavy atom. The van der Waals surface area contributed by atoms with E-state index in [4.69, 9.17) is 9.47 Å². The number of methoxy groups -OCH3 is 2. The van der Waals surface area contributed by atoms with Crippen LogP contribution in [0.15, 0.2) is 28.1 Å². The largest absolute Gasteiger partial charge is 0.497 e. The fourth-order valence-electron chi connectivity index (χ4n) is 2.92. The van der Waals surface area contributed by atoms with Gasteiger partial charge in [-0.15, -0.1) is 0 Å². The Bertz CT molecular complexity index is 852. The molecule has 28 heavy (non-hydrogen) atoms. The fraction of sp³-hybridized carbons (Fsp3) is 0.529. The lowest BCUT2D eigenvalue weighted by Crippen LogP contribution is -2.51. The SMILES string of the molecule is COc1ccc(OC)c(S(=O)(=O)N2CCN(C(=O)CSC3=NCCS3)CC2)c1. The smallest absolute Gasteiger partial charge is 0.247 e. The number of rotatable bonds is 6. The van der Waals surface area contributed by atoms with E-state index in [-0.39, 0.29) is 29.6 Å². The summed E-state index contributed by atoms with van der Waals surface area (Å²) >= 11 is 3.13. The number of piperazine rings is 1. The molecule has 1 amide bonds. The van der Waals surface area contributed by atoms with Gasteiger partial charge in [0.1, 0.15) is 20.8 Å². The van der Waals surface area contributed by atoms with Gasteiger partial charge in [0.15, 0.2) is 0 Å². The number of carbonyl (C=O) groups is 1. The van der Waals surface area contributed by atoms with Crippen LogP contribution in [-0.4, -0.2) is 86.4 Å². The highest BCUT2D eigenvalue weighted by Gasteiger charge is 2.32. The zero-order chi connectivity index (χ0) is 20.1. The first-order valence-electron chi connectivity index (χ1n) is 8.75. The average Bonchev–Trinajstić information content (AvgIpc) is 3.25. The number of sulfonamides is 1. The molecule has 0 bridgehead atoms. The number of ether oxygens (including phenoxy) is 2. The van der Waals surface area contributed by atoms with Crippen molar-refractivity contribution in [1.29, 1.82) is 0 Å². The van der Waals surface area contributed by atoms with Crippen LogP contribution >= 0.6 is 23.5 Å². The van der Waals surface area contributed by atoms with E-state index in [1.54, 1.807) is 28.8 Å². The van der Waals surface area contributed by atoms with E-state index >= 15 is 0 Å². The molecule has 1 aromatic rings. The van der Waals surface area contributed by atoms with Crippen LogP contribution in [0.3, 0.4) is 0 Å². The van der Waals surface area contributed by atoms with Crippen LogP contribution in [-0.2, 0) is 14.8 Å². The molecule has 2 heterocycles. The van der Waals surface area contributed by atoms with Crippen molar-refractivity contribution in [2.75, 3.05) is 58.4 Å². The Morgan fingerprint density at radius 1 is 1.21 bits per heavy atom. The second-order valence-electron chi connectivity index (χ2n) is 6.09. The zero-order valence-electron chi connectivity index (χ0n) is 15.8. The minimum Gasteiger partial charge on any atom is -0.497 e. The summed E-state index contributed by atoms with van der Waals surface area (Å²) in [5.41, 5.74) is 0. The third-order valence-corrected chi connectivity index (χ3v) is 8.61. The highest BCUT2D eigenvalue weighted by molar-refractivity contribution is 8.39. The van der Waals surface area contributed by atoms with Crippen molar-refractivity contribution in [2.45, 2.75) is 4.90 Å². The Labute approximate surface area is 173 Å². The molecule has 3 rings (SSSR count). The van der Waals surface area contributed by atoms with E-state index in [2.05, 4.69) is 4.99 Å². The maximum absolute atomic E-state index is 13.1. The maximum atomic E-state index is 13.1. The van der Waals surface area contributed by atoms with Gasteiger partial charge in [-0.25, -0.2) is 8.42 Å². The summed E-state index contributed by atoms with van der Waals surface area (Å²) in [6.07, 6.45) is 0. The average molecular weight is 446 g/mol. The van der Waals surface area contributed by atoms with E-state index in [1.807, 2.05) is 0 Å². The van der Waals surface area contributed by atoms with Crippen molar-refractivity contribution >= 4 is 43.8 Å². The van der Waals surface area contributed by atoms with E-state index < -0.39 is 10.0 Å². The van der Waals surface area contributed by atoms with Gasteiger partial charge in [0.2, 0.25) is 15.9 Å². The second kappa shape index (κ2) is 9.38. The Balaban J connectivity index is 1.63. The predicted octanol–water partition coefficient (Wildman–Crippen LogP) is 1.37. The lowest BCUT2D eigenvalue weighted by molar-refractivity contribution is -0.129. The predicted molar refractivity (Wildman–Crippen MR) is 112 cm³/mol. The van der Waals surface area contributed by atoms with Crippen molar-refractivity contribution in [3.8, 4) is 11.5 Å². The first-order valence-corrected chi connectivity index (χ1v) is 12.2. The molecule has 0 unspecified atom stereocenters. The van der Waals surface area contributed by atoms with Gasteiger partial charge in [0.05, 0.1) is 26.5 Å². The molecule has 11 heteroatoms. The summed E-state index contributed by atoms with van der Waals surface area (Å²) in [7, 11) is -0.834. The number of nitrogens with zero attached hydrogens (tertiary/aromatic N) is 3. The van der Waals surface area contributed by atoms with Crippen molar-refractivity contribution in [2.24, 2.45) is 4.99 Å². The highest BCUT2D eigenvalue weighted by Crippen LogP contribution is 2.31. The lowest BCUT2D eigenvalue weighted by atomic mass is 10.3. The minimum absolute atomic E-state index is 0.0104. The number of aliphatic imine (C=N–C) groups is 1. The van der Waals surface area contributed by atoms with Gasteiger partial charge in [0, 0.05) is 38.0 Å². The van der Waals surface area contributed by atoms with Gasteiger partial charge in [0.25, 0.3) is 0 Å². The topological polar surface area (TPSA) is 88.5 Å². The molecular formula is C17H23N3O5S3. The van der Waals surface area contributed by atoms with Crippen LogP contribution in [0.2, 0.25) is 0 Å². The lowest BCUT2D eigenvalue weighted by Gasteiger charge is -2.34. The molecular weight excluding hydrogens is 422 g/mol. The molecule has 1 aromatic carbocycles. The molecule has 1 saturated heterocycles. The van der Waals surface area contributed by atoms with E-state index in [0.717, 1.165) is 16.7 Å². The zero-order valence-corrected chi connectivity index (χ0v) is 18.2. The summed E-state index contributed by atoms with van der Waals surface area (Å²) in [5.74, 6) is 2.03. The molecule has 0 aromatic heterocycles. The monoisotopic (exact) mass is 445 g/mol. The number of amides is 1. The third-order valence-electron chi connectivity index (χ3n) is 4.46. The molecule has 2 aliphatic heterocycles. The number of carbonyl (C=O) groups excluding carboxylic acids is 1. The quantitative estimate of drug-likeness (QED) is 0.653. The van der Waals surface area contributed by atoms with E-state index in [9.17, 15) is 13.2 Å². The molecule has 8 nitrogen and oxygen atoms in total. The molecule has 0 spiro atoms. The molecule has 0 N–H and O–H groups in total. The molecule has 0 radical (unpaired) electrons. The normalized spacial score (nSPS) is 18.1. The van der Waals surface area contributed by atoms with E-state index in [1.165, 1.54) is 36.4 Å². The molecule has 0 atom stereocenters. The van der Waals surface area contributed by atoms with Gasteiger partial charge in [-0.1, -0.05) is 23.5 Å². The van der Waals surface area contributed by atoms with Crippen LogP contribution < -0.4 is 9.47 Å². The van der Waals surface area contributed by atoms with Crippen molar-refractivity contribution < 1.29 is 22.7 Å². The molecule has 1 fully saturated rings. The first kappa shape index (κ1) is 21.3. The first-order chi connectivity index (χ1) is 13.5. The van der Waals surface area contributed by atoms with Gasteiger partial charge in [-0.05, 0) is 12.1 Å². The molecule has 2 aliphatic rings. The van der Waals surface area contributed by atoms with E-state index in [0.29, 0.717) is 24.6 Å².